The van der Waals surface area contributed by atoms with Gasteiger partial charge in [-0.05, 0) is 42.3 Å². The molecular weight excluding hydrogens is 271 g/mol. The maximum Gasteiger partial charge on any atom is 0.161 e. The molecule has 0 amide bonds. The summed E-state index contributed by atoms with van der Waals surface area (Å²) in [4.78, 5) is 0. The zero-order valence-electron chi connectivity index (χ0n) is 11.8. The van der Waals surface area contributed by atoms with Gasteiger partial charge in [0.15, 0.2) is 11.5 Å². The molecule has 0 spiro atoms. The second-order valence-corrected chi connectivity index (χ2v) is 5.44. The lowest BCUT2D eigenvalue weighted by Gasteiger charge is -2.26. The predicted molar refractivity (Wildman–Crippen MR) is 77.1 cm³/mol. The lowest BCUT2D eigenvalue weighted by molar-refractivity contribution is 0.0568. The second kappa shape index (κ2) is 5.37. The maximum atomic E-state index is 13.3. The standard InChI is InChI=1S/C17H17FO3/c1-17(19,11-12-3-2-4-14(18)9-12)13-5-6-15-16(10-13)21-8-7-20-15/h2-6,9-10,19H,7-8,11H2,1H3. The number of hydrogen-bond acceptors (Lipinski definition) is 3. The Morgan fingerprint density at radius 1 is 1.10 bits per heavy atom. The minimum Gasteiger partial charge on any atom is -0.486 e. The van der Waals surface area contributed by atoms with Crippen molar-refractivity contribution in [2.24, 2.45) is 0 Å². The van der Waals surface area contributed by atoms with Gasteiger partial charge in [0.25, 0.3) is 0 Å². The van der Waals surface area contributed by atoms with Crippen LogP contribution >= 0.6 is 0 Å². The summed E-state index contributed by atoms with van der Waals surface area (Å²) >= 11 is 0. The van der Waals surface area contributed by atoms with Gasteiger partial charge in [-0.1, -0.05) is 18.2 Å². The number of hydrogen-bond donors (Lipinski definition) is 1. The van der Waals surface area contributed by atoms with Crippen LogP contribution in [0.15, 0.2) is 42.5 Å². The molecule has 3 rings (SSSR count). The minimum absolute atomic E-state index is 0.300. The Kier molecular flexibility index (Phi) is 3.55. The molecule has 2 aromatic rings. The maximum absolute atomic E-state index is 13.3. The third-order valence-electron chi connectivity index (χ3n) is 3.60. The third kappa shape index (κ3) is 3.00. The first-order chi connectivity index (χ1) is 10.0. The van der Waals surface area contributed by atoms with Gasteiger partial charge in [-0.25, -0.2) is 4.39 Å². The summed E-state index contributed by atoms with van der Waals surface area (Å²) in [5, 5.41) is 10.7. The van der Waals surface area contributed by atoms with E-state index in [4.69, 9.17) is 9.47 Å². The van der Waals surface area contributed by atoms with E-state index in [0.29, 0.717) is 31.1 Å². The highest BCUT2D eigenvalue weighted by atomic mass is 19.1. The molecule has 1 aliphatic rings. The number of rotatable bonds is 3. The van der Waals surface area contributed by atoms with Gasteiger partial charge in [0.2, 0.25) is 0 Å². The molecule has 0 bridgehead atoms. The highest BCUT2D eigenvalue weighted by molar-refractivity contribution is 5.45. The smallest absolute Gasteiger partial charge is 0.161 e. The number of ether oxygens (including phenoxy) is 2. The van der Waals surface area contributed by atoms with Crippen molar-refractivity contribution in [3.8, 4) is 11.5 Å². The predicted octanol–water partition coefficient (Wildman–Crippen LogP) is 3.05. The molecule has 0 fully saturated rings. The van der Waals surface area contributed by atoms with Crippen LogP contribution in [0.25, 0.3) is 0 Å². The van der Waals surface area contributed by atoms with E-state index >= 15 is 0 Å². The van der Waals surface area contributed by atoms with E-state index in [2.05, 4.69) is 0 Å². The van der Waals surface area contributed by atoms with E-state index in [1.807, 2.05) is 6.07 Å². The van der Waals surface area contributed by atoms with Gasteiger partial charge in [0.1, 0.15) is 19.0 Å². The van der Waals surface area contributed by atoms with Crippen LogP contribution < -0.4 is 9.47 Å². The van der Waals surface area contributed by atoms with Crippen LogP contribution in [0.2, 0.25) is 0 Å². The van der Waals surface area contributed by atoms with Gasteiger partial charge >= 0.3 is 0 Å². The Morgan fingerprint density at radius 3 is 2.62 bits per heavy atom. The van der Waals surface area contributed by atoms with Gasteiger partial charge in [0, 0.05) is 6.42 Å². The highest BCUT2D eigenvalue weighted by Crippen LogP contribution is 2.35. The normalized spacial score (nSPS) is 16.3. The van der Waals surface area contributed by atoms with Gasteiger partial charge in [-0.2, -0.15) is 0 Å². The average Bonchev–Trinajstić information content (AvgIpc) is 2.46. The van der Waals surface area contributed by atoms with Gasteiger partial charge in [-0.15, -0.1) is 0 Å². The molecule has 1 unspecified atom stereocenters. The van der Waals surface area contributed by atoms with Crippen LogP contribution in [0.4, 0.5) is 4.39 Å². The molecule has 1 atom stereocenters. The number of fused-ring (bicyclic) bond motifs is 1. The lowest BCUT2D eigenvalue weighted by atomic mass is 9.89. The number of aliphatic hydroxyl groups is 1. The molecule has 1 N–H and O–H groups in total. The highest BCUT2D eigenvalue weighted by Gasteiger charge is 2.26. The molecule has 3 nitrogen and oxygen atoms in total. The fraction of sp³-hybridized carbons (Fsp3) is 0.294. The zero-order chi connectivity index (χ0) is 14.9. The largest absolute Gasteiger partial charge is 0.486 e. The van der Waals surface area contributed by atoms with E-state index in [1.54, 1.807) is 31.2 Å². The SMILES string of the molecule is CC(O)(Cc1cccc(F)c1)c1ccc2c(c1)OCCO2. The molecule has 0 aliphatic carbocycles. The Balaban J connectivity index is 1.87. The average molecular weight is 288 g/mol. The molecule has 1 aliphatic heterocycles. The van der Waals surface area contributed by atoms with Crippen LogP contribution in [0.3, 0.4) is 0 Å². The Bertz CT molecular complexity index is 652. The van der Waals surface area contributed by atoms with Crippen LogP contribution in [-0.4, -0.2) is 18.3 Å². The first-order valence-corrected chi connectivity index (χ1v) is 6.91. The molecule has 4 heteroatoms. The van der Waals surface area contributed by atoms with Crippen molar-refractivity contribution in [1.82, 2.24) is 0 Å². The van der Waals surface area contributed by atoms with Crippen molar-refractivity contribution >= 4 is 0 Å². The summed E-state index contributed by atoms with van der Waals surface area (Å²) in [7, 11) is 0. The van der Waals surface area contributed by atoms with Crippen molar-refractivity contribution in [3.05, 3.63) is 59.4 Å². The van der Waals surface area contributed by atoms with Gasteiger partial charge < -0.3 is 14.6 Å². The zero-order valence-corrected chi connectivity index (χ0v) is 11.8. The van der Waals surface area contributed by atoms with Crippen molar-refractivity contribution in [2.45, 2.75) is 18.9 Å². The van der Waals surface area contributed by atoms with Gasteiger partial charge in [-0.3, -0.25) is 0 Å². The van der Waals surface area contributed by atoms with E-state index < -0.39 is 5.60 Å². The molecule has 0 saturated heterocycles. The third-order valence-corrected chi connectivity index (χ3v) is 3.60. The van der Waals surface area contributed by atoms with E-state index in [9.17, 15) is 9.50 Å². The Labute approximate surface area is 122 Å². The molecular formula is C17H17FO3. The summed E-state index contributed by atoms with van der Waals surface area (Å²) in [6.45, 7) is 2.75. The van der Waals surface area contributed by atoms with Gasteiger partial charge in [0.05, 0.1) is 5.60 Å². The Morgan fingerprint density at radius 2 is 1.86 bits per heavy atom. The summed E-state index contributed by atoms with van der Waals surface area (Å²) in [5.41, 5.74) is 0.356. The summed E-state index contributed by atoms with van der Waals surface area (Å²) in [5.74, 6) is 1.02. The topological polar surface area (TPSA) is 38.7 Å². The monoisotopic (exact) mass is 288 g/mol. The molecule has 0 saturated carbocycles. The van der Waals surface area contributed by atoms with Crippen LogP contribution in [0, 0.1) is 5.82 Å². The Hall–Kier alpha value is -2.07. The van der Waals surface area contributed by atoms with E-state index in [-0.39, 0.29) is 5.82 Å². The van der Waals surface area contributed by atoms with Crippen LogP contribution in [-0.2, 0) is 12.0 Å². The summed E-state index contributed by atoms with van der Waals surface area (Å²) < 4.78 is 24.3. The molecule has 1 heterocycles. The molecule has 2 aromatic carbocycles. The fourth-order valence-corrected chi connectivity index (χ4v) is 2.52. The van der Waals surface area contributed by atoms with E-state index in [1.165, 1.54) is 12.1 Å². The lowest BCUT2D eigenvalue weighted by Crippen LogP contribution is -2.25. The quantitative estimate of drug-likeness (QED) is 0.943. The first kappa shape index (κ1) is 13.9. The molecule has 0 radical (unpaired) electrons. The van der Waals surface area contributed by atoms with Crippen molar-refractivity contribution in [2.75, 3.05) is 13.2 Å². The van der Waals surface area contributed by atoms with Crippen molar-refractivity contribution in [1.29, 1.82) is 0 Å². The fourth-order valence-electron chi connectivity index (χ4n) is 2.52. The van der Waals surface area contributed by atoms with Crippen molar-refractivity contribution < 1.29 is 19.0 Å². The minimum atomic E-state index is -1.11. The summed E-state index contributed by atoms with van der Waals surface area (Å²) in [6.07, 6.45) is 0.324. The number of halogens is 1. The van der Waals surface area contributed by atoms with Crippen LogP contribution in [0.5, 0.6) is 11.5 Å². The summed E-state index contributed by atoms with van der Waals surface area (Å²) in [6, 6.07) is 11.7. The molecule has 110 valence electrons. The first-order valence-electron chi connectivity index (χ1n) is 6.91. The van der Waals surface area contributed by atoms with E-state index in [0.717, 1.165) is 11.1 Å². The molecule has 21 heavy (non-hydrogen) atoms. The van der Waals surface area contributed by atoms with Crippen molar-refractivity contribution in [3.63, 3.8) is 0 Å². The number of benzene rings is 2. The molecule has 0 aromatic heterocycles. The van der Waals surface area contributed by atoms with Crippen LogP contribution in [0.1, 0.15) is 18.1 Å². The second-order valence-electron chi connectivity index (χ2n) is 5.44.